The van der Waals surface area contributed by atoms with Crippen LogP contribution in [0, 0.1) is 13.8 Å². The number of hydrogen-bond donors (Lipinski definition) is 1. The number of sulfonamides is 1. The van der Waals surface area contributed by atoms with E-state index in [1.165, 1.54) is 15.6 Å². The first kappa shape index (κ1) is 26.3. The second-order valence-corrected chi connectivity index (χ2v) is 11.7. The van der Waals surface area contributed by atoms with Crippen LogP contribution in [0.5, 0.6) is 11.5 Å². The number of benzene rings is 2. The van der Waals surface area contributed by atoms with Crippen molar-refractivity contribution in [3.05, 3.63) is 52.5 Å². The van der Waals surface area contributed by atoms with E-state index in [4.69, 9.17) is 26.2 Å². The van der Waals surface area contributed by atoms with Crippen LogP contribution in [0.15, 0.2) is 40.6 Å². The molecule has 1 aromatic heterocycles. The van der Waals surface area contributed by atoms with Gasteiger partial charge in [0, 0.05) is 16.3 Å². The van der Waals surface area contributed by atoms with Crippen LogP contribution in [0.3, 0.4) is 0 Å². The summed E-state index contributed by atoms with van der Waals surface area (Å²) in [4.78, 5) is 10.7. The predicted molar refractivity (Wildman–Crippen MR) is 135 cm³/mol. The molecule has 0 aliphatic rings. The maximum absolute atomic E-state index is 13.6. The van der Waals surface area contributed by atoms with E-state index in [1.807, 2.05) is 26.8 Å². The van der Waals surface area contributed by atoms with Crippen LogP contribution in [0.2, 0.25) is 5.02 Å². The van der Waals surface area contributed by atoms with Crippen molar-refractivity contribution in [1.82, 2.24) is 4.31 Å². The Morgan fingerprint density at radius 1 is 1.21 bits per heavy atom. The van der Waals surface area contributed by atoms with Crippen molar-refractivity contribution in [2.24, 2.45) is 0 Å². The van der Waals surface area contributed by atoms with E-state index in [0.717, 1.165) is 15.6 Å². The zero-order chi connectivity index (χ0) is 25.0. The number of rotatable bonds is 11. The lowest BCUT2D eigenvalue weighted by Crippen LogP contribution is -2.39. The number of nitrogens with zero attached hydrogens (tertiary/aromatic N) is 1. The van der Waals surface area contributed by atoms with E-state index in [0.29, 0.717) is 39.3 Å². The number of halogens is 1. The summed E-state index contributed by atoms with van der Waals surface area (Å²) in [7, 11) is -3.73. The number of fused-ring (bicyclic) bond motifs is 1. The number of aryl methyl sites for hydroxylation is 2. The van der Waals surface area contributed by atoms with Gasteiger partial charge in [-0.3, -0.25) is 0 Å². The lowest BCUT2D eigenvalue weighted by atomic mass is 10.2. The number of carboxylic acid groups (broad SMARTS) is 1. The zero-order valence-corrected chi connectivity index (χ0v) is 21.9. The summed E-state index contributed by atoms with van der Waals surface area (Å²) >= 11 is 7.37. The molecule has 1 unspecified atom stereocenters. The van der Waals surface area contributed by atoms with Crippen molar-refractivity contribution in [3.63, 3.8) is 0 Å². The molecule has 7 nitrogen and oxygen atoms in total. The minimum Gasteiger partial charge on any atom is -0.489 e. The van der Waals surface area contributed by atoms with Crippen LogP contribution in [0.1, 0.15) is 31.4 Å². The molecule has 0 bridgehead atoms. The van der Waals surface area contributed by atoms with Crippen LogP contribution in [0.4, 0.5) is 0 Å². The van der Waals surface area contributed by atoms with Crippen molar-refractivity contribution < 1.29 is 27.8 Å². The Morgan fingerprint density at radius 2 is 1.94 bits per heavy atom. The molecule has 0 radical (unpaired) electrons. The number of aliphatic carboxylic acids is 1. The maximum Gasteiger partial charge on any atom is 0.341 e. The summed E-state index contributed by atoms with van der Waals surface area (Å²) in [6.07, 6.45) is 0.242. The quantitative estimate of drug-likeness (QED) is 0.355. The van der Waals surface area contributed by atoms with E-state index in [9.17, 15) is 13.2 Å². The van der Waals surface area contributed by atoms with Crippen LogP contribution in [-0.2, 0) is 14.8 Å². The van der Waals surface area contributed by atoms with E-state index < -0.39 is 28.7 Å². The van der Waals surface area contributed by atoms with Gasteiger partial charge < -0.3 is 14.6 Å². The fourth-order valence-electron chi connectivity index (χ4n) is 3.65. The molecular weight excluding hydrogens is 498 g/mol. The molecular formula is C24H28ClNO6S2. The van der Waals surface area contributed by atoms with Crippen molar-refractivity contribution >= 4 is 49.0 Å². The van der Waals surface area contributed by atoms with Crippen molar-refractivity contribution in [2.45, 2.75) is 44.4 Å². The Kier molecular flexibility index (Phi) is 8.46. The lowest BCUT2D eigenvalue weighted by Gasteiger charge is -2.25. The van der Waals surface area contributed by atoms with E-state index in [1.54, 1.807) is 37.3 Å². The van der Waals surface area contributed by atoms with E-state index in [-0.39, 0.29) is 6.54 Å². The Balaban J connectivity index is 1.78. The first-order valence-corrected chi connectivity index (χ1v) is 13.5. The third kappa shape index (κ3) is 6.02. The van der Waals surface area contributed by atoms with Gasteiger partial charge in [-0.2, -0.15) is 4.31 Å². The number of hydrogen-bond acceptors (Lipinski definition) is 6. The van der Waals surface area contributed by atoms with Gasteiger partial charge in [-0.05, 0) is 80.1 Å². The second kappa shape index (κ2) is 10.9. The monoisotopic (exact) mass is 525 g/mol. The standard InChI is InChI=1S/C24H28ClNO6S2/c1-5-10-26(34(29,30)24-17(4)20-12-18(25)6-9-22(20)33-24)13-16(3)32-19-7-8-21(15(2)11-19)31-14-23(27)28/h6-9,11-12,16H,5,10,13-14H2,1-4H3,(H,27,28). The third-order valence-corrected chi connectivity index (χ3v) is 9.17. The first-order chi connectivity index (χ1) is 16.0. The van der Waals surface area contributed by atoms with Gasteiger partial charge in [-0.1, -0.05) is 18.5 Å². The lowest BCUT2D eigenvalue weighted by molar-refractivity contribution is -0.139. The van der Waals surface area contributed by atoms with Crippen LogP contribution in [-0.4, -0.2) is 49.6 Å². The Bertz CT molecular complexity index is 1290. The number of thiophene rings is 1. The fraction of sp³-hybridized carbons (Fsp3) is 0.375. The molecule has 10 heteroatoms. The van der Waals surface area contributed by atoms with Gasteiger partial charge in [0.25, 0.3) is 10.0 Å². The SMILES string of the molecule is CCCN(CC(C)Oc1ccc(OCC(=O)O)c(C)c1)S(=O)(=O)c1sc2ccc(Cl)cc2c1C. The largest absolute Gasteiger partial charge is 0.489 e. The molecule has 3 rings (SSSR count). The van der Waals surface area contributed by atoms with Crippen LogP contribution < -0.4 is 9.47 Å². The minimum atomic E-state index is -3.73. The van der Waals surface area contributed by atoms with Crippen LogP contribution >= 0.6 is 22.9 Å². The summed E-state index contributed by atoms with van der Waals surface area (Å²) in [5, 5.41) is 10.2. The molecule has 0 aliphatic heterocycles. The summed E-state index contributed by atoms with van der Waals surface area (Å²) < 4.78 is 41.1. The smallest absolute Gasteiger partial charge is 0.341 e. The molecule has 0 fully saturated rings. The highest BCUT2D eigenvalue weighted by Crippen LogP contribution is 2.37. The summed E-state index contributed by atoms with van der Waals surface area (Å²) in [6.45, 7) is 7.48. The second-order valence-electron chi connectivity index (χ2n) is 8.06. The molecule has 1 N–H and O–H groups in total. The van der Waals surface area contributed by atoms with Gasteiger partial charge in [0.1, 0.15) is 21.8 Å². The topological polar surface area (TPSA) is 93.1 Å². The summed E-state index contributed by atoms with van der Waals surface area (Å²) in [5.74, 6) is -0.0466. The fourth-order valence-corrected chi connectivity index (χ4v) is 7.31. The van der Waals surface area contributed by atoms with Gasteiger partial charge in [0.05, 0.1) is 6.54 Å². The van der Waals surface area contributed by atoms with Crippen molar-refractivity contribution in [3.8, 4) is 11.5 Å². The highest BCUT2D eigenvalue weighted by atomic mass is 35.5. The van der Waals surface area contributed by atoms with E-state index in [2.05, 4.69) is 0 Å². The first-order valence-electron chi connectivity index (χ1n) is 10.8. The molecule has 1 atom stereocenters. The zero-order valence-electron chi connectivity index (χ0n) is 19.5. The Morgan fingerprint density at radius 3 is 2.59 bits per heavy atom. The number of carboxylic acids is 1. The molecule has 3 aromatic rings. The van der Waals surface area contributed by atoms with Crippen molar-refractivity contribution in [2.75, 3.05) is 19.7 Å². The molecule has 0 aliphatic carbocycles. The van der Waals surface area contributed by atoms with Gasteiger partial charge in [-0.15, -0.1) is 11.3 Å². The Hall–Kier alpha value is -2.33. The summed E-state index contributed by atoms with van der Waals surface area (Å²) in [5.41, 5.74) is 1.42. The molecule has 0 spiro atoms. The van der Waals surface area contributed by atoms with Gasteiger partial charge in [-0.25, -0.2) is 13.2 Å². The van der Waals surface area contributed by atoms with Crippen molar-refractivity contribution in [1.29, 1.82) is 0 Å². The molecule has 184 valence electrons. The number of ether oxygens (including phenoxy) is 2. The highest BCUT2D eigenvalue weighted by molar-refractivity contribution is 7.91. The average Bonchev–Trinajstić information content (AvgIpc) is 3.09. The highest BCUT2D eigenvalue weighted by Gasteiger charge is 2.30. The van der Waals surface area contributed by atoms with E-state index >= 15 is 0 Å². The molecule has 1 heterocycles. The normalized spacial score (nSPS) is 12.8. The maximum atomic E-state index is 13.6. The molecule has 0 saturated carbocycles. The van der Waals surface area contributed by atoms with Gasteiger partial charge in [0.15, 0.2) is 6.61 Å². The predicted octanol–water partition coefficient (Wildman–Crippen LogP) is 5.50. The van der Waals surface area contributed by atoms with Crippen LogP contribution in [0.25, 0.3) is 10.1 Å². The molecule has 34 heavy (non-hydrogen) atoms. The molecule has 2 aromatic carbocycles. The third-order valence-electron chi connectivity index (χ3n) is 5.20. The molecule has 0 amide bonds. The minimum absolute atomic E-state index is 0.181. The van der Waals surface area contributed by atoms with Gasteiger partial charge >= 0.3 is 5.97 Å². The number of carbonyl (C=O) groups is 1. The summed E-state index contributed by atoms with van der Waals surface area (Å²) in [6, 6.07) is 10.5. The Labute approximate surface area is 208 Å². The van der Waals surface area contributed by atoms with Gasteiger partial charge in [0.2, 0.25) is 0 Å². The molecule has 0 saturated heterocycles. The average molecular weight is 526 g/mol.